The summed E-state index contributed by atoms with van der Waals surface area (Å²) < 4.78 is 0. The van der Waals surface area contributed by atoms with Crippen molar-refractivity contribution in [3.63, 3.8) is 0 Å². The van der Waals surface area contributed by atoms with Gasteiger partial charge in [0.25, 0.3) is 5.91 Å². The van der Waals surface area contributed by atoms with E-state index in [1.54, 1.807) is 29.2 Å². The molecule has 2 heterocycles. The van der Waals surface area contributed by atoms with E-state index in [2.05, 4.69) is 10.6 Å². The Morgan fingerprint density at radius 1 is 1.03 bits per heavy atom. The van der Waals surface area contributed by atoms with E-state index in [1.807, 2.05) is 42.2 Å². The molecule has 3 amide bonds. The third-order valence-electron chi connectivity index (χ3n) is 5.69. The molecular formula is C22H27ClN4O2. The second-order valence-corrected chi connectivity index (χ2v) is 7.48. The molecule has 2 aromatic carbocycles. The molecule has 7 heteroatoms. The summed E-state index contributed by atoms with van der Waals surface area (Å²) in [4.78, 5) is 29.0. The van der Waals surface area contributed by atoms with Crippen molar-refractivity contribution in [3.05, 3.63) is 60.2 Å². The van der Waals surface area contributed by atoms with Crippen LogP contribution in [0.25, 0.3) is 0 Å². The minimum absolute atomic E-state index is 0. The molecule has 2 atom stereocenters. The quantitative estimate of drug-likeness (QED) is 0.805. The highest BCUT2D eigenvalue weighted by atomic mass is 35.5. The van der Waals surface area contributed by atoms with Crippen LogP contribution < -0.4 is 15.5 Å². The minimum atomic E-state index is -0.0621. The van der Waals surface area contributed by atoms with Gasteiger partial charge in [0.05, 0.1) is 0 Å². The summed E-state index contributed by atoms with van der Waals surface area (Å²) in [6, 6.07) is 16.7. The van der Waals surface area contributed by atoms with E-state index in [9.17, 15) is 9.59 Å². The maximum absolute atomic E-state index is 12.9. The zero-order valence-corrected chi connectivity index (χ0v) is 17.3. The lowest BCUT2D eigenvalue weighted by atomic mass is 10.0. The van der Waals surface area contributed by atoms with Gasteiger partial charge in [0.1, 0.15) is 0 Å². The fourth-order valence-corrected chi connectivity index (χ4v) is 4.13. The first-order chi connectivity index (χ1) is 13.7. The normalized spacial score (nSPS) is 20.0. The van der Waals surface area contributed by atoms with Gasteiger partial charge in [0, 0.05) is 49.7 Å². The van der Waals surface area contributed by atoms with Crippen molar-refractivity contribution < 1.29 is 9.59 Å². The molecule has 0 saturated carbocycles. The zero-order valence-electron chi connectivity index (χ0n) is 16.5. The van der Waals surface area contributed by atoms with E-state index in [-0.39, 0.29) is 24.3 Å². The van der Waals surface area contributed by atoms with E-state index in [1.165, 1.54) is 0 Å². The summed E-state index contributed by atoms with van der Waals surface area (Å²) in [6.07, 6.45) is 0. The maximum Gasteiger partial charge on any atom is 0.321 e. The van der Waals surface area contributed by atoms with E-state index in [0.29, 0.717) is 29.6 Å². The number of para-hydroxylation sites is 1. The van der Waals surface area contributed by atoms with Crippen LogP contribution in [-0.2, 0) is 0 Å². The molecule has 0 aromatic heterocycles. The van der Waals surface area contributed by atoms with Crippen molar-refractivity contribution in [2.45, 2.75) is 6.92 Å². The number of carbonyl (C=O) groups is 2. The molecule has 6 nitrogen and oxygen atoms in total. The second-order valence-electron chi connectivity index (χ2n) is 7.48. The molecule has 29 heavy (non-hydrogen) atoms. The van der Waals surface area contributed by atoms with Crippen LogP contribution in [0.15, 0.2) is 54.6 Å². The number of rotatable bonds is 4. The molecule has 2 N–H and O–H groups in total. The first-order valence-corrected chi connectivity index (χ1v) is 9.89. The zero-order chi connectivity index (χ0) is 19.5. The summed E-state index contributed by atoms with van der Waals surface area (Å²) in [5.41, 5.74) is 2.19. The van der Waals surface area contributed by atoms with Crippen LogP contribution in [0.4, 0.5) is 16.2 Å². The number of carbonyl (C=O) groups excluding carboxylic acids is 2. The predicted octanol–water partition coefficient (Wildman–Crippen LogP) is 3.46. The number of halogens is 1. The summed E-state index contributed by atoms with van der Waals surface area (Å²) in [5.74, 6) is 1.10. The van der Waals surface area contributed by atoms with Crippen molar-refractivity contribution in [2.75, 3.05) is 42.9 Å². The average Bonchev–Trinajstić information content (AvgIpc) is 3.32. The van der Waals surface area contributed by atoms with Crippen molar-refractivity contribution >= 4 is 35.7 Å². The van der Waals surface area contributed by atoms with Gasteiger partial charge < -0.3 is 20.4 Å². The fourth-order valence-electron chi connectivity index (χ4n) is 4.13. The Morgan fingerprint density at radius 3 is 2.24 bits per heavy atom. The summed E-state index contributed by atoms with van der Waals surface area (Å²) in [7, 11) is 0. The third kappa shape index (κ3) is 4.54. The van der Waals surface area contributed by atoms with Gasteiger partial charge in [0.2, 0.25) is 0 Å². The molecule has 0 radical (unpaired) electrons. The molecule has 2 aliphatic rings. The Balaban J connectivity index is 0.00000240. The van der Waals surface area contributed by atoms with E-state index in [0.717, 1.165) is 31.9 Å². The van der Waals surface area contributed by atoms with Gasteiger partial charge in [-0.2, -0.15) is 0 Å². The SMILES string of the molecule is CCN(C(=O)c1ccc(NC(=O)N2C[C@H]3CNC[C@H]3C2)cc1)c1ccccc1.Cl. The van der Waals surface area contributed by atoms with Crippen LogP contribution in [0.1, 0.15) is 17.3 Å². The van der Waals surface area contributed by atoms with Gasteiger partial charge in [-0.05, 0) is 55.2 Å². The molecule has 0 aliphatic carbocycles. The molecule has 2 aliphatic heterocycles. The molecule has 2 saturated heterocycles. The van der Waals surface area contributed by atoms with Crippen LogP contribution in [0, 0.1) is 11.8 Å². The molecule has 0 unspecified atom stereocenters. The molecule has 4 rings (SSSR count). The number of urea groups is 1. The number of amides is 3. The fraction of sp³-hybridized carbons (Fsp3) is 0.364. The Kier molecular flexibility index (Phi) is 6.77. The van der Waals surface area contributed by atoms with Crippen molar-refractivity contribution in [2.24, 2.45) is 11.8 Å². The van der Waals surface area contributed by atoms with Crippen molar-refractivity contribution in [1.82, 2.24) is 10.2 Å². The second kappa shape index (κ2) is 9.29. The molecule has 154 valence electrons. The van der Waals surface area contributed by atoms with Gasteiger partial charge in [-0.3, -0.25) is 4.79 Å². The number of hydrogen-bond acceptors (Lipinski definition) is 3. The van der Waals surface area contributed by atoms with Gasteiger partial charge in [-0.1, -0.05) is 18.2 Å². The number of nitrogens with zero attached hydrogens (tertiary/aromatic N) is 2. The van der Waals surface area contributed by atoms with Crippen LogP contribution in [0.3, 0.4) is 0 Å². The topological polar surface area (TPSA) is 64.7 Å². The van der Waals surface area contributed by atoms with E-state index >= 15 is 0 Å². The van der Waals surface area contributed by atoms with Crippen molar-refractivity contribution in [1.29, 1.82) is 0 Å². The van der Waals surface area contributed by atoms with Crippen LogP contribution in [0.5, 0.6) is 0 Å². The van der Waals surface area contributed by atoms with Crippen LogP contribution >= 0.6 is 12.4 Å². The van der Waals surface area contributed by atoms with Gasteiger partial charge in [-0.15, -0.1) is 12.4 Å². The molecule has 2 fully saturated rings. The molecule has 2 aromatic rings. The average molecular weight is 415 g/mol. The molecular weight excluding hydrogens is 388 g/mol. The predicted molar refractivity (Wildman–Crippen MR) is 118 cm³/mol. The minimum Gasteiger partial charge on any atom is -0.324 e. The highest BCUT2D eigenvalue weighted by molar-refractivity contribution is 6.06. The number of benzene rings is 2. The maximum atomic E-state index is 12.9. The monoisotopic (exact) mass is 414 g/mol. The number of hydrogen-bond donors (Lipinski definition) is 2. The standard InChI is InChI=1S/C22H26N4O2.ClH/c1-2-26(20-6-4-3-5-7-20)21(27)16-8-10-19(11-9-16)24-22(28)25-14-17-12-23-13-18(17)15-25;/h3-11,17-18,23H,2,12-15H2,1H3,(H,24,28);1H/t17-,18+;. The smallest absolute Gasteiger partial charge is 0.321 e. The largest absolute Gasteiger partial charge is 0.324 e. The molecule has 0 bridgehead atoms. The van der Waals surface area contributed by atoms with E-state index < -0.39 is 0 Å². The highest BCUT2D eigenvalue weighted by Crippen LogP contribution is 2.27. The number of fused-ring (bicyclic) bond motifs is 1. The van der Waals surface area contributed by atoms with Gasteiger partial charge in [-0.25, -0.2) is 4.79 Å². The molecule has 0 spiro atoms. The lowest BCUT2D eigenvalue weighted by molar-refractivity contribution is 0.0988. The Morgan fingerprint density at radius 2 is 1.66 bits per heavy atom. The highest BCUT2D eigenvalue weighted by Gasteiger charge is 2.38. The summed E-state index contributed by atoms with van der Waals surface area (Å²) in [6.45, 7) is 6.17. The van der Waals surface area contributed by atoms with Crippen LogP contribution in [0.2, 0.25) is 0 Å². The lowest BCUT2D eigenvalue weighted by Crippen LogP contribution is -2.35. The summed E-state index contributed by atoms with van der Waals surface area (Å²) in [5, 5.41) is 6.34. The van der Waals surface area contributed by atoms with Gasteiger partial charge in [0.15, 0.2) is 0 Å². The Labute approximate surface area is 177 Å². The summed E-state index contributed by atoms with van der Waals surface area (Å²) >= 11 is 0. The van der Waals surface area contributed by atoms with E-state index in [4.69, 9.17) is 0 Å². The first-order valence-electron chi connectivity index (χ1n) is 9.89. The third-order valence-corrected chi connectivity index (χ3v) is 5.69. The number of likely N-dealkylation sites (tertiary alicyclic amines) is 1. The van der Waals surface area contributed by atoms with Crippen LogP contribution in [-0.4, -0.2) is 49.6 Å². The first kappa shape index (κ1) is 21.1. The lowest BCUT2D eigenvalue weighted by Gasteiger charge is -2.21. The number of nitrogens with one attached hydrogen (secondary N) is 2. The Bertz CT molecular complexity index is 832. The van der Waals surface area contributed by atoms with Gasteiger partial charge >= 0.3 is 6.03 Å². The Hall–Kier alpha value is -2.57. The van der Waals surface area contributed by atoms with Crippen molar-refractivity contribution in [3.8, 4) is 0 Å². The number of anilines is 2.